The van der Waals surface area contributed by atoms with Crippen molar-refractivity contribution in [1.82, 2.24) is 9.55 Å². The van der Waals surface area contributed by atoms with Crippen LogP contribution in [0.25, 0.3) is 10.9 Å². The number of halogens is 1. The summed E-state index contributed by atoms with van der Waals surface area (Å²) in [7, 11) is 1.80. The van der Waals surface area contributed by atoms with Crippen molar-refractivity contribution in [3.8, 4) is 0 Å². The molecular weight excluding hydrogens is 306 g/mol. The number of nitrogens with zero attached hydrogens (tertiary/aromatic N) is 2. The highest BCUT2D eigenvalue weighted by atomic mass is 35.5. The zero-order valence-corrected chi connectivity index (χ0v) is 13.3. The predicted molar refractivity (Wildman–Crippen MR) is 88.4 cm³/mol. The summed E-state index contributed by atoms with van der Waals surface area (Å²) in [4.78, 5) is 17.0. The van der Waals surface area contributed by atoms with E-state index in [-0.39, 0.29) is 5.56 Å². The van der Waals surface area contributed by atoms with Crippen molar-refractivity contribution in [2.24, 2.45) is 7.05 Å². The molecule has 0 aliphatic heterocycles. The molecule has 108 valence electrons. The van der Waals surface area contributed by atoms with Gasteiger partial charge in [0.25, 0.3) is 5.56 Å². The number of anilines is 1. The number of aryl methyl sites for hydroxylation is 2. The van der Waals surface area contributed by atoms with Gasteiger partial charge in [0.2, 0.25) is 0 Å². The summed E-state index contributed by atoms with van der Waals surface area (Å²) >= 11 is 7.28. The number of benzene rings is 1. The van der Waals surface area contributed by atoms with Crippen LogP contribution >= 0.6 is 22.9 Å². The second-order valence-corrected chi connectivity index (χ2v) is 6.60. The molecule has 0 radical (unpaired) electrons. The molecule has 0 saturated heterocycles. The van der Waals surface area contributed by atoms with Crippen molar-refractivity contribution in [3.63, 3.8) is 0 Å². The van der Waals surface area contributed by atoms with Crippen LogP contribution in [0.2, 0.25) is 4.47 Å². The number of pyridine rings is 1. The van der Waals surface area contributed by atoms with E-state index in [2.05, 4.69) is 10.3 Å². The molecule has 6 heteroatoms. The number of hydrogen-bond acceptors (Lipinski definition) is 4. The van der Waals surface area contributed by atoms with Crippen LogP contribution in [0.15, 0.2) is 35.3 Å². The fourth-order valence-electron chi connectivity index (χ4n) is 2.31. The predicted octanol–water partition coefficient (Wildman–Crippen LogP) is 3.57. The van der Waals surface area contributed by atoms with Crippen LogP contribution in [0.1, 0.15) is 10.4 Å². The quantitative estimate of drug-likeness (QED) is 0.803. The zero-order chi connectivity index (χ0) is 15.0. The van der Waals surface area contributed by atoms with E-state index in [1.165, 1.54) is 11.3 Å². The Morgan fingerprint density at radius 1 is 1.38 bits per heavy atom. The van der Waals surface area contributed by atoms with Gasteiger partial charge in [-0.05, 0) is 31.2 Å². The standard InChI is InChI=1S/C15H14ClN3OS/c1-9-5-10-6-11(3-4-13(10)19(2)14(9)20)17-7-12-8-18-15(16)21-12/h3-6,8,17H,7H2,1-2H3. The topological polar surface area (TPSA) is 46.9 Å². The summed E-state index contributed by atoms with van der Waals surface area (Å²) in [5, 5.41) is 4.39. The maximum atomic E-state index is 11.9. The summed E-state index contributed by atoms with van der Waals surface area (Å²) in [5.74, 6) is 0. The number of rotatable bonds is 3. The Kier molecular flexibility index (Phi) is 3.69. The Morgan fingerprint density at radius 3 is 2.90 bits per heavy atom. The number of aromatic nitrogens is 2. The summed E-state index contributed by atoms with van der Waals surface area (Å²) in [6.07, 6.45) is 1.77. The Morgan fingerprint density at radius 2 is 2.19 bits per heavy atom. The van der Waals surface area contributed by atoms with Gasteiger partial charge in [0.1, 0.15) is 0 Å². The minimum atomic E-state index is 0.0440. The zero-order valence-electron chi connectivity index (χ0n) is 11.7. The normalized spacial score (nSPS) is 11.0. The Hall–Kier alpha value is -1.85. The van der Waals surface area contributed by atoms with E-state index in [9.17, 15) is 4.79 Å². The van der Waals surface area contributed by atoms with Crippen LogP contribution < -0.4 is 10.9 Å². The lowest BCUT2D eigenvalue weighted by molar-refractivity contribution is 0.893. The molecule has 2 aromatic heterocycles. The van der Waals surface area contributed by atoms with Crippen molar-refractivity contribution in [2.45, 2.75) is 13.5 Å². The number of thiazole rings is 1. The lowest BCUT2D eigenvalue weighted by atomic mass is 10.1. The summed E-state index contributed by atoms with van der Waals surface area (Å²) in [5.41, 5.74) is 2.72. The number of hydrogen-bond donors (Lipinski definition) is 1. The van der Waals surface area contributed by atoms with Crippen LogP contribution in [0.4, 0.5) is 5.69 Å². The molecule has 3 rings (SSSR count). The van der Waals surface area contributed by atoms with Gasteiger partial charge >= 0.3 is 0 Å². The minimum Gasteiger partial charge on any atom is -0.380 e. The molecule has 0 amide bonds. The van der Waals surface area contributed by atoms with Gasteiger partial charge in [-0.15, -0.1) is 11.3 Å². The number of fused-ring (bicyclic) bond motifs is 1. The lowest BCUT2D eigenvalue weighted by Gasteiger charge is -2.10. The van der Waals surface area contributed by atoms with E-state index in [1.54, 1.807) is 17.8 Å². The molecule has 0 fully saturated rings. The van der Waals surface area contributed by atoms with Crippen LogP contribution in [-0.2, 0) is 13.6 Å². The molecule has 0 aliphatic rings. The second-order valence-electron chi connectivity index (χ2n) is 4.90. The fourth-order valence-corrected chi connectivity index (χ4v) is 3.23. The van der Waals surface area contributed by atoms with E-state index < -0.39 is 0 Å². The molecule has 0 spiro atoms. The molecule has 3 aromatic rings. The highest BCUT2D eigenvalue weighted by Crippen LogP contribution is 2.21. The third-order valence-corrected chi connectivity index (χ3v) is 4.51. The Bertz CT molecular complexity index is 869. The molecule has 0 bridgehead atoms. The lowest BCUT2D eigenvalue weighted by Crippen LogP contribution is -2.19. The van der Waals surface area contributed by atoms with Crippen molar-refractivity contribution in [2.75, 3.05) is 5.32 Å². The molecule has 0 atom stereocenters. The highest BCUT2D eigenvalue weighted by Gasteiger charge is 2.05. The molecule has 0 saturated carbocycles. The molecule has 0 unspecified atom stereocenters. The molecular formula is C15H14ClN3OS. The average molecular weight is 320 g/mol. The summed E-state index contributed by atoms with van der Waals surface area (Å²) < 4.78 is 2.23. The van der Waals surface area contributed by atoms with Crippen LogP contribution in [0, 0.1) is 6.92 Å². The molecule has 4 nitrogen and oxygen atoms in total. The third kappa shape index (κ3) is 2.80. The van der Waals surface area contributed by atoms with Gasteiger partial charge < -0.3 is 9.88 Å². The van der Waals surface area contributed by atoms with E-state index in [4.69, 9.17) is 11.6 Å². The Balaban J connectivity index is 1.90. The molecule has 0 aliphatic carbocycles. The van der Waals surface area contributed by atoms with Crippen molar-refractivity contribution >= 4 is 39.5 Å². The third-order valence-electron chi connectivity index (χ3n) is 3.39. The first-order valence-electron chi connectivity index (χ1n) is 6.49. The van der Waals surface area contributed by atoms with Gasteiger partial charge in [0.05, 0.1) is 12.1 Å². The minimum absolute atomic E-state index is 0.0440. The average Bonchev–Trinajstić information content (AvgIpc) is 2.88. The van der Waals surface area contributed by atoms with Gasteiger partial charge in [-0.2, -0.15) is 0 Å². The highest BCUT2D eigenvalue weighted by molar-refractivity contribution is 7.15. The van der Waals surface area contributed by atoms with Crippen molar-refractivity contribution < 1.29 is 0 Å². The second kappa shape index (κ2) is 5.50. The fraction of sp³-hybridized carbons (Fsp3) is 0.200. The molecule has 1 N–H and O–H groups in total. The van der Waals surface area contributed by atoms with Crippen LogP contribution in [0.5, 0.6) is 0 Å². The maximum Gasteiger partial charge on any atom is 0.253 e. The van der Waals surface area contributed by atoms with Gasteiger partial charge in [-0.25, -0.2) is 4.98 Å². The van der Waals surface area contributed by atoms with Crippen molar-refractivity contribution in [1.29, 1.82) is 0 Å². The smallest absolute Gasteiger partial charge is 0.253 e. The van der Waals surface area contributed by atoms with Crippen LogP contribution in [0.3, 0.4) is 0 Å². The van der Waals surface area contributed by atoms with E-state index >= 15 is 0 Å². The van der Waals surface area contributed by atoms with Gasteiger partial charge in [-0.1, -0.05) is 11.6 Å². The van der Waals surface area contributed by atoms with Crippen molar-refractivity contribution in [3.05, 3.63) is 55.7 Å². The maximum absolute atomic E-state index is 11.9. The van der Waals surface area contributed by atoms with Gasteiger partial charge in [0, 0.05) is 34.8 Å². The molecule has 1 aromatic carbocycles. The van der Waals surface area contributed by atoms with Gasteiger partial charge in [0.15, 0.2) is 4.47 Å². The summed E-state index contributed by atoms with van der Waals surface area (Å²) in [6.45, 7) is 2.52. The first-order valence-corrected chi connectivity index (χ1v) is 7.68. The number of nitrogens with one attached hydrogen (secondary N) is 1. The van der Waals surface area contributed by atoms with Gasteiger partial charge in [-0.3, -0.25) is 4.79 Å². The molecule has 2 heterocycles. The first kappa shape index (κ1) is 14.1. The first-order chi connectivity index (χ1) is 10.0. The van der Waals surface area contributed by atoms with E-state index in [0.29, 0.717) is 11.0 Å². The van der Waals surface area contributed by atoms with E-state index in [0.717, 1.165) is 27.0 Å². The summed E-state index contributed by atoms with van der Waals surface area (Å²) in [6, 6.07) is 7.90. The van der Waals surface area contributed by atoms with Crippen LogP contribution in [-0.4, -0.2) is 9.55 Å². The van der Waals surface area contributed by atoms with E-state index in [1.807, 2.05) is 31.2 Å². The SMILES string of the molecule is Cc1cc2cc(NCc3cnc(Cl)s3)ccc2n(C)c1=O. The Labute approximate surface area is 131 Å². The molecule has 21 heavy (non-hydrogen) atoms. The largest absolute Gasteiger partial charge is 0.380 e. The monoisotopic (exact) mass is 319 g/mol.